The molecule has 0 saturated heterocycles. The van der Waals surface area contributed by atoms with Crippen molar-refractivity contribution in [1.82, 2.24) is 9.97 Å². The number of rotatable bonds is 1. The number of aromatic nitrogens is 2. The van der Waals surface area contributed by atoms with E-state index in [1.807, 2.05) is 89.8 Å². The van der Waals surface area contributed by atoms with Crippen molar-refractivity contribution in [3.63, 3.8) is 0 Å². The first-order valence-electron chi connectivity index (χ1n) is 43.9. The van der Waals surface area contributed by atoms with E-state index in [0.717, 1.165) is 52.9 Å². The van der Waals surface area contributed by atoms with Gasteiger partial charge in [0, 0.05) is 24.0 Å². The molecule has 3 nitrogen and oxygen atoms in total. The number of furan rings is 1. The van der Waals surface area contributed by atoms with Crippen LogP contribution in [0.3, 0.4) is 0 Å². The van der Waals surface area contributed by atoms with Crippen LogP contribution in [-0.4, -0.2) is 9.97 Å². The van der Waals surface area contributed by atoms with Crippen LogP contribution >= 0.6 is 11.3 Å². The zero-order valence-electron chi connectivity index (χ0n) is 78.8. The van der Waals surface area contributed by atoms with Crippen LogP contribution in [-0.2, 0) is 0 Å². The van der Waals surface area contributed by atoms with Gasteiger partial charge in [0.2, 0.25) is 0 Å². The van der Waals surface area contributed by atoms with E-state index in [0.29, 0.717) is 5.92 Å². The molecule has 4 heterocycles. The van der Waals surface area contributed by atoms with Crippen molar-refractivity contribution in [3.8, 4) is 0 Å². The van der Waals surface area contributed by atoms with Gasteiger partial charge in [0.05, 0.1) is 18.0 Å². The molecule has 0 spiro atoms. The fourth-order valence-electron chi connectivity index (χ4n) is 10.3. The Bertz CT molecular complexity index is 4720. The van der Waals surface area contributed by atoms with Gasteiger partial charge in [-0.3, -0.25) is 9.97 Å². The molecule has 121 heavy (non-hydrogen) atoms. The second kappa shape index (κ2) is 64.8. The monoisotopic (exact) mass is 1630 g/mol. The van der Waals surface area contributed by atoms with Crippen LogP contribution in [0.25, 0.3) is 97.1 Å². The molecule has 4 aromatic heterocycles. The SMILES string of the molecule is CC(C)C.CC(C)C.CC(C)C.CC(C)C.CC(C)C.CC(C)C.CC(C)C.CC(C)C.CC(C)c1ccccc1.c1cc2ccc3cccc4ccc(c1)c2c34.c1ccc2c(c1)ccc1ccccc12.c1ccc2cc3ccccc3cc2c1.c1ccc2ccccc2c1.c1ccc2ncccc2c1.c1ccncc1.c1ccoc1.c1ccsc1. The molecule has 0 aliphatic carbocycles. The smallest absolute Gasteiger partial charge is 0.0902 e. The molecule has 0 bridgehead atoms. The molecule has 14 aromatic carbocycles. The molecule has 0 aliphatic heterocycles. The molecule has 0 amide bonds. The summed E-state index contributed by atoms with van der Waals surface area (Å²) in [6, 6.07) is 117. The highest BCUT2D eigenvalue weighted by molar-refractivity contribution is 7.07. The Morgan fingerprint density at radius 3 is 0.719 bits per heavy atom. The summed E-state index contributed by atoms with van der Waals surface area (Å²) < 4.78 is 4.58. The van der Waals surface area contributed by atoms with E-state index < -0.39 is 0 Å². The molecular weight excluding hydrogens is 1480 g/mol. The Morgan fingerprint density at radius 1 is 0.207 bits per heavy atom. The minimum Gasteiger partial charge on any atom is -0.473 e. The average Bonchev–Trinajstić information content (AvgIpc) is 0.923. The van der Waals surface area contributed by atoms with Crippen LogP contribution in [0.5, 0.6) is 0 Å². The van der Waals surface area contributed by atoms with Gasteiger partial charge in [-0.1, -0.05) is 471 Å². The van der Waals surface area contributed by atoms with Gasteiger partial charge in [-0.05, 0) is 204 Å². The van der Waals surface area contributed by atoms with Gasteiger partial charge in [-0.15, -0.1) is 0 Å². The zero-order chi connectivity index (χ0) is 89.5. The molecule has 18 rings (SSSR count). The van der Waals surface area contributed by atoms with Crippen LogP contribution in [0.15, 0.2) is 386 Å². The van der Waals surface area contributed by atoms with Crippen molar-refractivity contribution in [3.05, 3.63) is 387 Å². The molecule has 0 aliphatic rings. The maximum absolute atomic E-state index is 4.58. The van der Waals surface area contributed by atoms with E-state index in [1.54, 1.807) is 36.3 Å². The number of thiophene rings is 1. The van der Waals surface area contributed by atoms with Crippen molar-refractivity contribution in [2.45, 2.75) is 186 Å². The minimum atomic E-state index is 0.659. The Kier molecular flexibility index (Phi) is 56.8. The predicted molar refractivity (Wildman–Crippen MR) is 551 cm³/mol. The van der Waals surface area contributed by atoms with E-state index in [4.69, 9.17) is 0 Å². The number of hydrogen-bond acceptors (Lipinski definition) is 4. The van der Waals surface area contributed by atoms with E-state index >= 15 is 0 Å². The molecule has 0 atom stereocenters. The van der Waals surface area contributed by atoms with Crippen molar-refractivity contribution in [1.29, 1.82) is 0 Å². The molecule has 18 aromatic rings. The van der Waals surface area contributed by atoms with Crippen LogP contribution in [0.4, 0.5) is 0 Å². The first-order valence-corrected chi connectivity index (χ1v) is 44.8. The number of nitrogens with zero attached hydrogens (tertiary/aromatic N) is 2. The first kappa shape index (κ1) is 106. The third-order valence-corrected chi connectivity index (χ3v) is 15.3. The maximum atomic E-state index is 4.58. The molecule has 0 saturated carbocycles. The number of fused-ring (bicyclic) bond motifs is 7. The van der Waals surface area contributed by atoms with Crippen molar-refractivity contribution in [2.24, 2.45) is 47.3 Å². The first-order chi connectivity index (χ1) is 57.9. The van der Waals surface area contributed by atoms with E-state index in [2.05, 4.69) is 461 Å². The van der Waals surface area contributed by atoms with E-state index in [1.165, 1.54) is 97.1 Å². The third kappa shape index (κ3) is 51.2. The van der Waals surface area contributed by atoms with Crippen LogP contribution < -0.4 is 0 Å². The molecule has 0 radical (unpaired) electrons. The third-order valence-electron chi connectivity index (χ3n) is 14.7. The lowest BCUT2D eigenvalue weighted by Gasteiger charge is -2.09. The molecule has 640 valence electrons. The minimum absolute atomic E-state index is 0.659. The van der Waals surface area contributed by atoms with Gasteiger partial charge in [0.1, 0.15) is 0 Å². The second-order valence-corrected chi connectivity index (χ2v) is 35.7. The molecule has 0 unspecified atom stereocenters. The van der Waals surface area contributed by atoms with Gasteiger partial charge in [-0.25, -0.2) is 0 Å². The highest BCUT2D eigenvalue weighted by atomic mass is 32.1. The molecule has 0 fully saturated rings. The Balaban J connectivity index is 0.000000448. The molecule has 4 heteroatoms. The Labute approximate surface area is 738 Å². The summed E-state index contributed by atoms with van der Waals surface area (Å²) in [5.41, 5.74) is 2.47. The summed E-state index contributed by atoms with van der Waals surface area (Å²) in [6.45, 7) is 56.4. The summed E-state index contributed by atoms with van der Waals surface area (Å²) in [5, 5.41) is 26.6. The second-order valence-electron chi connectivity index (χ2n) is 34.9. The summed E-state index contributed by atoms with van der Waals surface area (Å²) in [4.78, 5) is 7.97. The van der Waals surface area contributed by atoms with Crippen LogP contribution in [0.2, 0.25) is 0 Å². The van der Waals surface area contributed by atoms with Gasteiger partial charge in [-0.2, -0.15) is 11.3 Å². The topological polar surface area (TPSA) is 38.9 Å². The maximum Gasteiger partial charge on any atom is 0.0902 e. The molecule has 0 N–H and O–H groups in total. The Morgan fingerprint density at radius 2 is 0.463 bits per heavy atom. The fourth-order valence-corrected chi connectivity index (χ4v) is 10.7. The van der Waals surface area contributed by atoms with Gasteiger partial charge in [0.15, 0.2) is 0 Å². The number of hydrogen-bond donors (Lipinski definition) is 0. The number of para-hydroxylation sites is 1. The Hall–Kier alpha value is -11.0. The fraction of sp³-hybridized carbons (Fsp3) is 0.299. The van der Waals surface area contributed by atoms with Crippen LogP contribution in [0.1, 0.15) is 191 Å². The number of benzene rings is 14. The highest BCUT2D eigenvalue weighted by Gasteiger charge is 2.07. The summed E-state index contributed by atoms with van der Waals surface area (Å²) in [5.74, 6) is 7.33. The summed E-state index contributed by atoms with van der Waals surface area (Å²) >= 11 is 1.71. The normalized spacial score (nSPS) is 9.91. The van der Waals surface area contributed by atoms with Gasteiger partial charge in [0.25, 0.3) is 0 Å². The predicted octanol–water partition coefficient (Wildman–Crippen LogP) is 37.9. The highest BCUT2D eigenvalue weighted by Crippen LogP contribution is 2.34. The summed E-state index contributed by atoms with van der Waals surface area (Å²) in [6.07, 6.45) is 8.56. The lowest BCUT2D eigenvalue weighted by molar-refractivity contribution is 0.567. The summed E-state index contributed by atoms with van der Waals surface area (Å²) in [7, 11) is 0. The average molecular weight is 1630 g/mol. The van der Waals surface area contributed by atoms with Crippen molar-refractivity contribution >= 4 is 108 Å². The lowest BCUT2D eigenvalue weighted by Crippen LogP contribution is -1.83. The standard InChI is InChI=1S/C16H10.2C14H10.C10H8.C9H7N.C9H12.C5H5N.C4H4O.C4H4S.8C4H10/c1-3-11-7-9-13-5-2-6-14-10-8-12(4-1)15(11)16(13)14;1-3-7-13-11(5-1)9-10-12-6-2-4-8-14(12)13;1-2-6-12-10-14-8-4-3-7-13(14)9-11(12)5-1;1-2-6-10-8-4-3-7-9(10)5-1;1-2-6-9-8(4-1)5-3-7-10-9;1-8(2)9-6-4-3-5-7-9;1-2-4-6-5-3-1;2*1-2-4-5-3-1;8*1-4(2)3/h1-10H;2*1-10H;1-8H;1-7H;3-8H,1-2H3;1-5H;2*1-4H;8*4H,1-3H3. The quantitative estimate of drug-likeness (QED) is 0.121. The zero-order valence-corrected chi connectivity index (χ0v) is 79.6. The molecular formula is C117H150N2OS. The largest absolute Gasteiger partial charge is 0.473 e. The van der Waals surface area contributed by atoms with E-state index in [9.17, 15) is 0 Å². The van der Waals surface area contributed by atoms with E-state index in [-0.39, 0.29) is 0 Å². The lowest BCUT2D eigenvalue weighted by atomic mass is 9.95. The number of pyridine rings is 2. The van der Waals surface area contributed by atoms with Crippen molar-refractivity contribution in [2.75, 3.05) is 0 Å². The van der Waals surface area contributed by atoms with Gasteiger partial charge >= 0.3 is 0 Å². The van der Waals surface area contributed by atoms with Crippen LogP contribution in [0, 0.1) is 47.3 Å². The van der Waals surface area contributed by atoms with Gasteiger partial charge < -0.3 is 4.42 Å². The van der Waals surface area contributed by atoms with Crippen molar-refractivity contribution < 1.29 is 4.42 Å².